The molecule has 0 aliphatic carbocycles. The predicted octanol–water partition coefficient (Wildman–Crippen LogP) is 10.1. The predicted molar refractivity (Wildman–Crippen MR) is 182 cm³/mol. The van der Waals surface area contributed by atoms with Crippen molar-refractivity contribution in [2.45, 2.75) is 0 Å². The van der Waals surface area contributed by atoms with Gasteiger partial charge in [-0.3, -0.25) is 0 Å². The Kier molecular flexibility index (Phi) is 5.74. The molecule has 0 aliphatic rings. The van der Waals surface area contributed by atoms with E-state index in [1.54, 1.807) is 0 Å². The first-order valence-corrected chi connectivity index (χ1v) is 14.9. The molecule has 5 nitrogen and oxygen atoms in total. The van der Waals surface area contributed by atoms with Crippen molar-refractivity contribution in [1.29, 1.82) is 0 Å². The molecule has 3 aromatic heterocycles. The lowest BCUT2D eigenvalue weighted by atomic mass is 9.94. The number of pyridine rings is 1. The number of para-hydroxylation sites is 1. The van der Waals surface area contributed by atoms with Crippen LogP contribution in [-0.4, -0.2) is 19.9 Å². The normalized spacial score (nSPS) is 11.6. The first-order chi connectivity index (χ1) is 22.3. The average Bonchev–Trinajstić information content (AvgIpc) is 3.48. The fourth-order valence-electron chi connectivity index (χ4n) is 6.15. The van der Waals surface area contributed by atoms with Crippen LogP contribution in [0.3, 0.4) is 0 Å². The maximum absolute atomic E-state index is 6.32. The van der Waals surface area contributed by atoms with Gasteiger partial charge in [0.15, 0.2) is 23.1 Å². The second kappa shape index (κ2) is 10.2. The van der Waals surface area contributed by atoms with E-state index in [1.165, 1.54) is 0 Å². The van der Waals surface area contributed by atoms with Crippen molar-refractivity contribution >= 4 is 43.7 Å². The van der Waals surface area contributed by atoms with Crippen molar-refractivity contribution in [2.24, 2.45) is 0 Å². The average molecular weight is 577 g/mol. The molecule has 45 heavy (non-hydrogen) atoms. The van der Waals surface area contributed by atoms with Gasteiger partial charge in [-0.05, 0) is 46.2 Å². The fraction of sp³-hybridized carbons (Fsp3) is 0. The number of fused-ring (bicyclic) bond motifs is 5. The van der Waals surface area contributed by atoms with E-state index in [9.17, 15) is 0 Å². The smallest absolute Gasteiger partial charge is 0.164 e. The molecule has 0 N–H and O–H groups in total. The van der Waals surface area contributed by atoms with Gasteiger partial charge in [0, 0.05) is 22.1 Å². The van der Waals surface area contributed by atoms with Gasteiger partial charge in [-0.2, -0.15) is 0 Å². The van der Waals surface area contributed by atoms with E-state index in [0.29, 0.717) is 17.5 Å². The molecule has 9 aromatic rings. The van der Waals surface area contributed by atoms with Gasteiger partial charge in [-0.25, -0.2) is 19.9 Å². The molecular formula is C40H24N4O. The minimum Gasteiger partial charge on any atom is -0.454 e. The monoisotopic (exact) mass is 576 g/mol. The van der Waals surface area contributed by atoms with Crippen LogP contribution < -0.4 is 0 Å². The molecule has 0 fully saturated rings. The maximum atomic E-state index is 6.32. The van der Waals surface area contributed by atoms with Crippen LogP contribution in [0.15, 0.2) is 150 Å². The number of hydrogen-bond donors (Lipinski definition) is 0. The van der Waals surface area contributed by atoms with Crippen LogP contribution in [-0.2, 0) is 0 Å². The van der Waals surface area contributed by atoms with Gasteiger partial charge >= 0.3 is 0 Å². The lowest BCUT2D eigenvalue weighted by molar-refractivity contribution is 0.669. The van der Waals surface area contributed by atoms with Crippen molar-refractivity contribution in [1.82, 2.24) is 19.9 Å². The summed E-state index contributed by atoms with van der Waals surface area (Å²) in [5.74, 6) is 1.92. The molecule has 5 heteroatoms. The molecule has 0 unspecified atom stereocenters. The second-order valence-corrected chi connectivity index (χ2v) is 11.1. The van der Waals surface area contributed by atoms with Gasteiger partial charge in [0.2, 0.25) is 0 Å². The molecule has 0 saturated heterocycles. The lowest BCUT2D eigenvalue weighted by Crippen LogP contribution is -2.00. The molecule has 0 aliphatic heterocycles. The lowest BCUT2D eigenvalue weighted by Gasteiger charge is -2.11. The van der Waals surface area contributed by atoms with E-state index in [1.807, 2.05) is 91.0 Å². The van der Waals surface area contributed by atoms with Gasteiger partial charge in [0.1, 0.15) is 11.1 Å². The highest BCUT2D eigenvalue weighted by Gasteiger charge is 2.17. The van der Waals surface area contributed by atoms with Crippen molar-refractivity contribution in [3.05, 3.63) is 146 Å². The van der Waals surface area contributed by atoms with E-state index in [4.69, 9.17) is 24.4 Å². The Morgan fingerprint density at radius 3 is 1.78 bits per heavy atom. The van der Waals surface area contributed by atoms with E-state index < -0.39 is 0 Å². The van der Waals surface area contributed by atoms with Crippen LogP contribution >= 0.6 is 0 Å². The van der Waals surface area contributed by atoms with E-state index >= 15 is 0 Å². The fourth-order valence-corrected chi connectivity index (χ4v) is 6.15. The van der Waals surface area contributed by atoms with Gasteiger partial charge in [-0.15, -0.1) is 0 Å². The summed E-state index contributed by atoms with van der Waals surface area (Å²) in [6.07, 6.45) is 0. The van der Waals surface area contributed by atoms with Crippen molar-refractivity contribution in [3.8, 4) is 45.3 Å². The van der Waals surface area contributed by atoms with E-state index in [-0.39, 0.29) is 0 Å². The van der Waals surface area contributed by atoms with Crippen LogP contribution in [0.4, 0.5) is 0 Å². The highest BCUT2D eigenvalue weighted by molar-refractivity contribution is 6.15. The molecular weight excluding hydrogens is 552 g/mol. The third kappa shape index (κ3) is 4.33. The number of benzene rings is 6. The van der Waals surface area contributed by atoms with Crippen LogP contribution in [0.1, 0.15) is 0 Å². The summed E-state index contributed by atoms with van der Waals surface area (Å²) in [5, 5.41) is 4.31. The number of rotatable bonds is 4. The molecule has 0 atom stereocenters. The minimum atomic E-state index is 0.633. The van der Waals surface area contributed by atoms with Crippen molar-refractivity contribution in [2.75, 3.05) is 0 Å². The maximum Gasteiger partial charge on any atom is 0.164 e. The third-order valence-electron chi connectivity index (χ3n) is 8.30. The van der Waals surface area contributed by atoms with Gasteiger partial charge in [0.05, 0.1) is 10.9 Å². The quantitative estimate of drug-likeness (QED) is 0.209. The highest BCUT2D eigenvalue weighted by atomic mass is 16.3. The first-order valence-electron chi connectivity index (χ1n) is 14.9. The molecule has 210 valence electrons. The van der Waals surface area contributed by atoms with E-state index in [0.717, 1.165) is 71.6 Å². The largest absolute Gasteiger partial charge is 0.454 e. The summed E-state index contributed by atoms with van der Waals surface area (Å²) in [5.41, 5.74) is 8.47. The SMILES string of the molecule is c1ccc(-c2nc(-c3ccccc3)nc(-c3ccc4c(-c5cccc6oc7cc8ccccc8nc7c56)cccc4c3)n2)cc1. The molecule has 6 aromatic carbocycles. The van der Waals surface area contributed by atoms with Crippen molar-refractivity contribution < 1.29 is 4.42 Å². The molecule has 0 bridgehead atoms. The Labute approximate surface area is 258 Å². The summed E-state index contributed by atoms with van der Waals surface area (Å²) in [6, 6.07) is 49.4. The summed E-state index contributed by atoms with van der Waals surface area (Å²) in [7, 11) is 0. The molecule has 0 radical (unpaired) electrons. The zero-order valence-corrected chi connectivity index (χ0v) is 24.1. The second-order valence-electron chi connectivity index (χ2n) is 11.1. The molecule has 3 heterocycles. The zero-order chi connectivity index (χ0) is 29.7. The number of hydrogen-bond acceptors (Lipinski definition) is 5. The van der Waals surface area contributed by atoms with Gasteiger partial charge < -0.3 is 4.42 Å². The molecule has 0 amide bonds. The summed E-state index contributed by atoms with van der Waals surface area (Å²) < 4.78 is 6.32. The van der Waals surface area contributed by atoms with Crippen LogP contribution in [0, 0.1) is 0 Å². The number of nitrogens with zero attached hydrogens (tertiary/aromatic N) is 4. The Morgan fingerprint density at radius 1 is 0.400 bits per heavy atom. The van der Waals surface area contributed by atoms with Crippen LogP contribution in [0.25, 0.3) is 89.0 Å². The summed E-state index contributed by atoms with van der Waals surface area (Å²) in [4.78, 5) is 19.8. The molecule has 0 spiro atoms. The Balaban J connectivity index is 1.22. The number of furan rings is 1. The van der Waals surface area contributed by atoms with Crippen molar-refractivity contribution in [3.63, 3.8) is 0 Å². The summed E-state index contributed by atoms with van der Waals surface area (Å²) >= 11 is 0. The van der Waals surface area contributed by atoms with Crippen LogP contribution in [0.2, 0.25) is 0 Å². The summed E-state index contributed by atoms with van der Waals surface area (Å²) in [6.45, 7) is 0. The third-order valence-corrected chi connectivity index (χ3v) is 8.30. The standard InChI is InChI=1S/C40H24N4O/c1-3-11-25(12-4-1)38-42-39(26-13-5-2-6-14-26)44-40(43-38)29-21-22-30-27(23-29)16-9-17-31(30)32-18-10-20-34-36(32)37-35(45-34)24-28-15-7-8-19-33(28)41-37/h1-24H. The molecule has 0 saturated carbocycles. The van der Waals surface area contributed by atoms with Gasteiger partial charge in [-0.1, -0.05) is 121 Å². The Hall–Kier alpha value is -6.20. The van der Waals surface area contributed by atoms with E-state index in [2.05, 4.69) is 54.6 Å². The Bertz CT molecular complexity index is 2480. The highest BCUT2D eigenvalue weighted by Crippen LogP contribution is 2.40. The number of aromatic nitrogens is 4. The zero-order valence-electron chi connectivity index (χ0n) is 24.1. The Morgan fingerprint density at radius 2 is 1.02 bits per heavy atom. The topological polar surface area (TPSA) is 64.7 Å². The van der Waals surface area contributed by atoms with Gasteiger partial charge in [0.25, 0.3) is 0 Å². The van der Waals surface area contributed by atoms with Crippen LogP contribution in [0.5, 0.6) is 0 Å². The first kappa shape index (κ1) is 25.3. The minimum absolute atomic E-state index is 0.633. The molecule has 9 rings (SSSR count).